The van der Waals surface area contributed by atoms with Gasteiger partial charge in [-0.2, -0.15) is 0 Å². The Bertz CT molecular complexity index is 682. The summed E-state index contributed by atoms with van der Waals surface area (Å²) in [5.41, 5.74) is 2.31. The van der Waals surface area contributed by atoms with Crippen LogP contribution in [-0.2, 0) is 16.4 Å². The molecule has 0 saturated carbocycles. The van der Waals surface area contributed by atoms with Gasteiger partial charge in [0.1, 0.15) is 0 Å². The number of hydrogen-bond donors (Lipinski definition) is 0. The summed E-state index contributed by atoms with van der Waals surface area (Å²) in [4.78, 5) is 8.71. The molecule has 0 aliphatic rings. The van der Waals surface area contributed by atoms with Crippen molar-refractivity contribution in [3.8, 4) is 0 Å². The van der Waals surface area contributed by atoms with Gasteiger partial charge in [-0.05, 0) is 68.9 Å². The SMILES string of the molecule is CC(C)(O[Si](C)(C)C)c1cc(Cc2ccc(Cl)cc2)nc(Cl)n1. The second-order valence-corrected chi connectivity index (χ2v) is 12.2. The molecule has 0 bridgehead atoms. The molecule has 0 saturated heterocycles. The van der Waals surface area contributed by atoms with Crippen molar-refractivity contribution in [1.29, 1.82) is 0 Å². The predicted molar refractivity (Wildman–Crippen MR) is 98.8 cm³/mol. The molecule has 3 nitrogen and oxygen atoms in total. The fraction of sp³-hybridized carbons (Fsp3) is 0.412. The summed E-state index contributed by atoms with van der Waals surface area (Å²) >= 11 is 12.1. The molecule has 0 unspecified atom stereocenters. The molecule has 0 fully saturated rings. The van der Waals surface area contributed by atoms with Gasteiger partial charge in [0.15, 0.2) is 8.32 Å². The van der Waals surface area contributed by atoms with E-state index in [2.05, 4.69) is 29.6 Å². The molecule has 6 heteroatoms. The summed E-state index contributed by atoms with van der Waals surface area (Å²) in [6.07, 6.45) is 0.676. The van der Waals surface area contributed by atoms with Gasteiger partial charge in [-0.3, -0.25) is 0 Å². The second kappa shape index (κ2) is 6.89. The molecule has 0 aliphatic carbocycles. The van der Waals surface area contributed by atoms with Crippen LogP contribution >= 0.6 is 23.2 Å². The summed E-state index contributed by atoms with van der Waals surface area (Å²) in [7, 11) is -1.71. The van der Waals surface area contributed by atoms with Gasteiger partial charge in [0.25, 0.3) is 0 Å². The fourth-order valence-corrected chi connectivity index (χ4v) is 4.45. The molecule has 0 spiro atoms. The first-order valence-electron chi connectivity index (χ1n) is 7.54. The van der Waals surface area contributed by atoms with Crippen LogP contribution in [0.15, 0.2) is 30.3 Å². The van der Waals surface area contributed by atoms with Crippen molar-refractivity contribution in [2.24, 2.45) is 0 Å². The molecule has 1 aromatic heterocycles. The van der Waals surface area contributed by atoms with Crippen LogP contribution < -0.4 is 0 Å². The maximum atomic E-state index is 6.26. The van der Waals surface area contributed by atoms with Crippen molar-refractivity contribution in [3.05, 3.63) is 57.6 Å². The van der Waals surface area contributed by atoms with Crippen LogP contribution in [0.4, 0.5) is 0 Å². The second-order valence-electron chi connectivity index (χ2n) is 7.04. The van der Waals surface area contributed by atoms with E-state index in [0.29, 0.717) is 6.42 Å². The quantitative estimate of drug-likeness (QED) is 0.518. The first kappa shape index (κ1) is 18.4. The third-order valence-corrected chi connectivity index (χ3v) is 4.77. The highest BCUT2D eigenvalue weighted by molar-refractivity contribution is 6.69. The zero-order valence-electron chi connectivity index (χ0n) is 14.2. The maximum absolute atomic E-state index is 6.26. The van der Waals surface area contributed by atoms with Gasteiger partial charge in [0.05, 0.1) is 17.0 Å². The Hall–Kier alpha value is -0.943. The van der Waals surface area contributed by atoms with E-state index in [-0.39, 0.29) is 5.28 Å². The molecule has 124 valence electrons. The lowest BCUT2D eigenvalue weighted by molar-refractivity contribution is 0.0949. The van der Waals surface area contributed by atoms with Crippen LogP contribution in [0.1, 0.15) is 30.8 Å². The Balaban J connectivity index is 2.30. The van der Waals surface area contributed by atoms with Crippen molar-refractivity contribution >= 4 is 31.5 Å². The monoisotopic (exact) mass is 368 g/mol. The van der Waals surface area contributed by atoms with Crippen LogP contribution in [0.3, 0.4) is 0 Å². The van der Waals surface area contributed by atoms with Gasteiger partial charge in [-0.1, -0.05) is 23.7 Å². The zero-order chi connectivity index (χ0) is 17.3. The smallest absolute Gasteiger partial charge is 0.222 e. The van der Waals surface area contributed by atoms with Gasteiger partial charge in [0, 0.05) is 11.4 Å². The molecule has 0 aliphatic heterocycles. The minimum Gasteiger partial charge on any atom is -0.407 e. The van der Waals surface area contributed by atoms with E-state index in [1.807, 2.05) is 44.2 Å². The van der Waals surface area contributed by atoms with E-state index in [4.69, 9.17) is 27.6 Å². The van der Waals surface area contributed by atoms with Gasteiger partial charge >= 0.3 is 0 Å². The lowest BCUT2D eigenvalue weighted by Gasteiger charge is -2.32. The summed E-state index contributed by atoms with van der Waals surface area (Å²) in [6.45, 7) is 10.5. The number of nitrogens with zero attached hydrogens (tertiary/aromatic N) is 2. The van der Waals surface area contributed by atoms with Crippen molar-refractivity contribution in [1.82, 2.24) is 9.97 Å². The van der Waals surface area contributed by atoms with Crippen molar-refractivity contribution < 1.29 is 4.43 Å². The summed E-state index contributed by atoms with van der Waals surface area (Å²) in [6, 6.07) is 9.70. The predicted octanol–water partition coefficient (Wildman–Crippen LogP) is 5.46. The fourth-order valence-electron chi connectivity index (χ4n) is 2.49. The molecule has 0 radical (unpaired) electrons. The average Bonchev–Trinajstić information content (AvgIpc) is 2.38. The molecule has 2 rings (SSSR count). The van der Waals surface area contributed by atoms with Gasteiger partial charge < -0.3 is 4.43 Å². The number of benzene rings is 1. The largest absolute Gasteiger partial charge is 0.407 e. The van der Waals surface area contributed by atoms with E-state index in [1.54, 1.807) is 0 Å². The third-order valence-electron chi connectivity index (χ3n) is 3.23. The molecular weight excluding hydrogens is 347 g/mol. The first-order chi connectivity index (χ1) is 10.5. The Morgan fingerprint density at radius 1 is 1.04 bits per heavy atom. The van der Waals surface area contributed by atoms with E-state index < -0.39 is 13.9 Å². The van der Waals surface area contributed by atoms with E-state index in [1.165, 1.54) is 0 Å². The number of aromatic nitrogens is 2. The normalized spacial score (nSPS) is 12.5. The first-order valence-corrected chi connectivity index (χ1v) is 11.7. The average molecular weight is 369 g/mol. The highest BCUT2D eigenvalue weighted by Gasteiger charge is 2.30. The summed E-state index contributed by atoms with van der Waals surface area (Å²) in [5.74, 6) is 0. The molecule has 1 heterocycles. The van der Waals surface area contributed by atoms with Gasteiger partial charge in [-0.25, -0.2) is 9.97 Å². The van der Waals surface area contributed by atoms with Crippen LogP contribution in [0, 0.1) is 0 Å². The standard InChI is InChI=1S/C17H22Cl2N2OSi/c1-17(2,22-23(3,4)5)15-11-14(20-16(19)21-15)10-12-6-8-13(18)9-7-12/h6-9,11H,10H2,1-5H3. The summed E-state index contributed by atoms with van der Waals surface area (Å²) < 4.78 is 6.26. The zero-order valence-corrected chi connectivity index (χ0v) is 16.7. The van der Waals surface area contributed by atoms with Gasteiger partial charge in [0.2, 0.25) is 5.28 Å². The molecule has 0 amide bonds. The minimum absolute atomic E-state index is 0.249. The maximum Gasteiger partial charge on any atom is 0.222 e. The van der Waals surface area contributed by atoms with E-state index in [0.717, 1.165) is 22.0 Å². The number of rotatable bonds is 5. The van der Waals surface area contributed by atoms with Crippen LogP contribution in [-0.4, -0.2) is 18.3 Å². The van der Waals surface area contributed by atoms with Crippen molar-refractivity contribution in [3.63, 3.8) is 0 Å². The van der Waals surface area contributed by atoms with Gasteiger partial charge in [-0.15, -0.1) is 0 Å². The highest BCUT2D eigenvalue weighted by Crippen LogP contribution is 2.28. The van der Waals surface area contributed by atoms with Crippen LogP contribution in [0.5, 0.6) is 0 Å². The molecular formula is C17H22Cl2N2OSi. The highest BCUT2D eigenvalue weighted by atomic mass is 35.5. The Morgan fingerprint density at radius 2 is 1.65 bits per heavy atom. The van der Waals surface area contributed by atoms with Crippen molar-refractivity contribution in [2.45, 2.75) is 45.5 Å². The van der Waals surface area contributed by atoms with Crippen LogP contribution in [0.25, 0.3) is 0 Å². The molecule has 2 aromatic rings. The topological polar surface area (TPSA) is 35.0 Å². The summed E-state index contributed by atoms with van der Waals surface area (Å²) in [5, 5.41) is 0.971. The van der Waals surface area contributed by atoms with E-state index in [9.17, 15) is 0 Å². The minimum atomic E-state index is -1.71. The lowest BCUT2D eigenvalue weighted by atomic mass is 10.0. The number of halogens is 2. The molecule has 1 aromatic carbocycles. The van der Waals surface area contributed by atoms with Crippen molar-refractivity contribution in [2.75, 3.05) is 0 Å². The van der Waals surface area contributed by atoms with E-state index >= 15 is 0 Å². The number of hydrogen-bond acceptors (Lipinski definition) is 3. The molecule has 0 N–H and O–H groups in total. The molecule has 23 heavy (non-hydrogen) atoms. The Labute approximate surface area is 149 Å². The van der Waals surface area contributed by atoms with Crippen LogP contribution in [0.2, 0.25) is 29.9 Å². The Kier molecular flexibility index (Phi) is 5.51. The third kappa shape index (κ3) is 5.57. The Morgan fingerprint density at radius 3 is 2.22 bits per heavy atom. The lowest BCUT2D eigenvalue weighted by Crippen LogP contribution is -2.37. The molecule has 0 atom stereocenters.